The van der Waals surface area contributed by atoms with Gasteiger partial charge in [-0.15, -0.1) is 11.3 Å². The van der Waals surface area contributed by atoms with Crippen LogP contribution in [0.1, 0.15) is 48.2 Å². The molecule has 0 spiro atoms. The van der Waals surface area contributed by atoms with Crippen molar-refractivity contribution < 1.29 is 4.79 Å². The Hall–Kier alpha value is -1.68. The second-order valence-corrected chi connectivity index (χ2v) is 8.11. The second-order valence-electron chi connectivity index (χ2n) is 7.25. The van der Waals surface area contributed by atoms with Crippen LogP contribution in [0.5, 0.6) is 0 Å². The van der Waals surface area contributed by atoms with Gasteiger partial charge in [0.2, 0.25) is 0 Å². The Morgan fingerprint density at radius 3 is 2.67 bits per heavy atom. The zero-order valence-electron chi connectivity index (χ0n) is 14.2. The molecule has 1 aromatic carbocycles. The number of rotatable bonds is 2. The lowest BCUT2D eigenvalue weighted by molar-refractivity contribution is 0.0516. The quantitative estimate of drug-likeness (QED) is 0.789. The van der Waals surface area contributed by atoms with Crippen molar-refractivity contribution in [3.8, 4) is 10.6 Å². The average molecular weight is 340 g/mol. The van der Waals surface area contributed by atoms with Crippen LogP contribution >= 0.6 is 11.3 Å². The van der Waals surface area contributed by atoms with E-state index in [4.69, 9.17) is 0 Å². The van der Waals surface area contributed by atoms with E-state index in [0.29, 0.717) is 11.6 Å². The lowest BCUT2D eigenvalue weighted by Gasteiger charge is -2.41. The first-order chi connectivity index (χ1) is 11.7. The molecule has 2 fully saturated rings. The topological polar surface area (TPSA) is 33.2 Å². The molecule has 1 saturated carbocycles. The van der Waals surface area contributed by atoms with Gasteiger partial charge in [0.15, 0.2) is 0 Å². The average Bonchev–Trinajstić information content (AvgIpc) is 3.11. The molecule has 1 saturated heterocycles. The monoisotopic (exact) mass is 340 g/mol. The van der Waals surface area contributed by atoms with Gasteiger partial charge in [-0.25, -0.2) is 4.98 Å². The maximum Gasteiger partial charge on any atom is 0.273 e. The number of likely N-dealkylation sites (tertiary alicyclic amines) is 1. The SMILES string of the molecule is Cc1ccc(-c2nc(C(=O)N3CC[C@H]4CCCC[C@@H]4C3)cs2)cc1. The number of aryl methyl sites for hydroxylation is 1. The van der Waals surface area contributed by atoms with E-state index in [1.165, 1.54) is 37.7 Å². The van der Waals surface area contributed by atoms with Gasteiger partial charge in [-0.2, -0.15) is 0 Å². The Morgan fingerprint density at radius 2 is 1.88 bits per heavy atom. The molecule has 4 heteroatoms. The molecule has 2 aliphatic rings. The molecule has 4 rings (SSSR count). The summed E-state index contributed by atoms with van der Waals surface area (Å²) in [4.78, 5) is 19.5. The Labute approximate surface area is 147 Å². The maximum absolute atomic E-state index is 12.8. The molecule has 0 bridgehead atoms. The van der Waals surface area contributed by atoms with Gasteiger partial charge in [-0.05, 0) is 31.6 Å². The van der Waals surface area contributed by atoms with E-state index in [2.05, 4.69) is 36.2 Å². The van der Waals surface area contributed by atoms with Gasteiger partial charge in [-0.3, -0.25) is 4.79 Å². The van der Waals surface area contributed by atoms with Gasteiger partial charge in [0, 0.05) is 24.0 Å². The number of hydrogen-bond acceptors (Lipinski definition) is 3. The minimum atomic E-state index is 0.119. The minimum Gasteiger partial charge on any atom is -0.337 e. The second kappa shape index (κ2) is 6.67. The standard InChI is InChI=1S/C20H24N2OS/c1-14-6-8-16(9-7-14)19-21-18(13-24-19)20(23)22-11-10-15-4-2-3-5-17(15)12-22/h6-9,13,15,17H,2-5,10-12H2,1H3/t15-,17-/m1/s1. The molecule has 24 heavy (non-hydrogen) atoms. The summed E-state index contributed by atoms with van der Waals surface area (Å²) < 4.78 is 0. The van der Waals surface area contributed by atoms with E-state index < -0.39 is 0 Å². The predicted molar refractivity (Wildman–Crippen MR) is 98.3 cm³/mol. The van der Waals surface area contributed by atoms with Crippen molar-refractivity contribution in [1.82, 2.24) is 9.88 Å². The summed E-state index contributed by atoms with van der Waals surface area (Å²) in [5.41, 5.74) is 2.95. The van der Waals surface area contributed by atoms with Crippen LogP contribution in [0.4, 0.5) is 0 Å². The molecule has 0 radical (unpaired) electrons. The molecule has 1 aliphatic heterocycles. The number of aromatic nitrogens is 1. The first-order valence-electron chi connectivity index (χ1n) is 9.02. The molecule has 1 aromatic heterocycles. The number of carbonyl (C=O) groups is 1. The molecule has 1 amide bonds. The highest BCUT2D eigenvalue weighted by Crippen LogP contribution is 2.36. The Kier molecular flexibility index (Phi) is 4.40. The van der Waals surface area contributed by atoms with E-state index in [-0.39, 0.29) is 5.91 Å². The highest BCUT2D eigenvalue weighted by Gasteiger charge is 2.33. The number of piperidine rings is 1. The van der Waals surface area contributed by atoms with Gasteiger partial charge >= 0.3 is 0 Å². The van der Waals surface area contributed by atoms with Crippen LogP contribution in [0, 0.1) is 18.8 Å². The molecule has 2 aromatic rings. The van der Waals surface area contributed by atoms with Gasteiger partial charge in [-0.1, -0.05) is 49.1 Å². The van der Waals surface area contributed by atoms with E-state index in [9.17, 15) is 4.79 Å². The normalized spacial score (nSPS) is 23.8. The third-order valence-electron chi connectivity index (χ3n) is 5.60. The summed E-state index contributed by atoms with van der Waals surface area (Å²) in [6.45, 7) is 3.91. The third kappa shape index (κ3) is 3.12. The van der Waals surface area contributed by atoms with Gasteiger partial charge in [0.25, 0.3) is 5.91 Å². The van der Waals surface area contributed by atoms with E-state index in [1.54, 1.807) is 11.3 Å². The summed E-state index contributed by atoms with van der Waals surface area (Å²) >= 11 is 1.56. The van der Waals surface area contributed by atoms with Crippen molar-refractivity contribution in [2.45, 2.75) is 39.0 Å². The lowest BCUT2D eigenvalue weighted by atomic mass is 9.75. The fourth-order valence-corrected chi connectivity index (χ4v) is 4.95. The third-order valence-corrected chi connectivity index (χ3v) is 6.49. The lowest BCUT2D eigenvalue weighted by Crippen LogP contribution is -2.44. The zero-order chi connectivity index (χ0) is 16.5. The highest BCUT2D eigenvalue weighted by molar-refractivity contribution is 7.13. The molecule has 3 nitrogen and oxygen atoms in total. The molecular weight excluding hydrogens is 316 g/mol. The largest absolute Gasteiger partial charge is 0.337 e. The van der Waals surface area contributed by atoms with E-state index in [1.807, 2.05) is 10.3 Å². The maximum atomic E-state index is 12.8. The molecule has 2 atom stereocenters. The first kappa shape index (κ1) is 15.8. The summed E-state index contributed by atoms with van der Waals surface area (Å²) in [7, 11) is 0. The molecule has 1 aliphatic carbocycles. The van der Waals surface area contributed by atoms with Crippen molar-refractivity contribution in [3.63, 3.8) is 0 Å². The fourth-order valence-electron chi connectivity index (χ4n) is 4.15. The summed E-state index contributed by atoms with van der Waals surface area (Å²) in [6, 6.07) is 8.34. The van der Waals surface area contributed by atoms with Crippen LogP contribution in [0.15, 0.2) is 29.6 Å². The Bertz CT molecular complexity index is 721. The molecule has 0 N–H and O–H groups in total. The molecule has 0 unspecified atom stereocenters. The smallest absolute Gasteiger partial charge is 0.273 e. The van der Waals surface area contributed by atoms with Crippen LogP contribution < -0.4 is 0 Å². The van der Waals surface area contributed by atoms with E-state index in [0.717, 1.165) is 29.6 Å². The number of amides is 1. The van der Waals surface area contributed by atoms with Crippen molar-refractivity contribution in [2.75, 3.05) is 13.1 Å². The number of nitrogens with zero attached hydrogens (tertiary/aromatic N) is 2. The van der Waals surface area contributed by atoms with Crippen LogP contribution in [-0.4, -0.2) is 28.9 Å². The molecule has 126 valence electrons. The van der Waals surface area contributed by atoms with Crippen LogP contribution in [-0.2, 0) is 0 Å². The number of fused-ring (bicyclic) bond motifs is 1. The van der Waals surface area contributed by atoms with Gasteiger partial charge < -0.3 is 4.90 Å². The van der Waals surface area contributed by atoms with Crippen LogP contribution in [0.25, 0.3) is 10.6 Å². The zero-order valence-corrected chi connectivity index (χ0v) is 15.0. The Balaban J connectivity index is 1.48. The van der Waals surface area contributed by atoms with E-state index >= 15 is 0 Å². The van der Waals surface area contributed by atoms with Crippen molar-refractivity contribution >= 4 is 17.2 Å². The van der Waals surface area contributed by atoms with Gasteiger partial charge in [0.05, 0.1) is 0 Å². The summed E-state index contributed by atoms with van der Waals surface area (Å²) in [5.74, 6) is 1.68. The summed E-state index contributed by atoms with van der Waals surface area (Å²) in [6.07, 6.45) is 6.53. The molecular formula is C20H24N2OS. The van der Waals surface area contributed by atoms with Gasteiger partial charge in [0.1, 0.15) is 10.7 Å². The predicted octanol–water partition coefficient (Wildman–Crippen LogP) is 4.77. The highest BCUT2D eigenvalue weighted by atomic mass is 32.1. The van der Waals surface area contributed by atoms with Crippen molar-refractivity contribution in [2.24, 2.45) is 11.8 Å². The van der Waals surface area contributed by atoms with Crippen LogP contribution in [0.3, 0.4) is 0 Å². The van der Waals surface area contributed by atoms with Crippen molar-refractivity contribution in [3.05, 3.63) is 40.9 Å². The molecule has 2 heterocycles. The number of carbonyl (C=O) groups excluding carboxylic acids is 1. The van der Waals surface area contributed by atoms with Crippen LogP contribution in [0.2, 0.25) is 0 Å². The Morgan fingerprint density at radius 1 is 1.12 bits per heavy atom. The number of hydrogen-bond donors (Lipinski definition) is 0. The fraction of sp³-hybridized carbons (Fsp3) is 0.500. The number of benzene rings is 1. The number of thiazole rings is 1. The van der Waals surface area contributed by atoms with Crippen molar-refractivity contribution in [1.29, 1.82) is 0 Å². The summed E-state index contributed by atoms with van der Waals surface area (Å²) in [5, 5.41) is 2.86. The first-order valence-corrected chi connectivity index (χ1v) is 9.90. The minimum absolute atomic E-state index is 0.119.